The van der Waals surface area contributed by atoms with Crippen LogP contribution in [0.3, 0.4) is 0 Å². The van der Waals surface area contributed by atoms with Gasteiger partial charge in [-0.2, -0.15) is 0 Å². The van der Waals surface area contributed by atoms with Crippen molar-refractivity contribution >= 4 is 16.8 Å². The highest BCUT2D eigenvalue weighted by Crippen LogP contribution is 2.27. The smallest absolute Gasteiger partial charge is 0.253 e. The summed E-state index contributed by atoms with van der Waals surface area (Å²) in [5.41, 5.74) is 7.54. The van der Waals surface area contributed by atoms with Crippen molar-refractivity contribution in [3.63, 3.8) is 0 Å². The number of benzene rings is 1. The number of nitrogens with one attached hydrogen (secondary N) is 2. The van der Waals surface area contributed by atoms with E-state index in [9.17, 15) is 4.79 Å². The van der Waals surface area contributed by atoms with Gasteiger partial charge < -0.3 is 16.0 Å². The van der Waals surface area contributed by atoms with Crippen molar-refractivity contribution in [1.29, 1.82) is 0 Å². The lowest BCUT2D eigenvalue weighted by Crippen LogP contribution is -2.44. The minimum absolute atomic E-state index is 0.0233. The average molecular weight is 271 g/mol. The van der Waals surface area contributed by atoms with E-state index in [1.165, 1.54) is 25.7 Å². The van der Waals surface area contributed by atoms with Crippen LogP contribution in [0.5, 0.6) is 0 Å². The largest absolute Gasteiger partial charge is 0.360 e. The molecule has 1 unspecified atom stereocenters. The Labute approximate surface area is 118 Å². The lowest BCUT2D eigenvalue weighted by Gasteiger charge is -2.23. The minimum Gasteiger partial charge on any atom is -0.360 e. The zero-order valence-electron chi connectivity index (χ0n) is 11.6. The molecule has 0 radical (unpaired) electrons. The summed E-state index contributed by atoms with van der Waals surface area (Å²) in [6, 6.07) is 7.95. The highest BCUT2D eigenvalue weighted by Gasteiger charge is 2.26. The summed E-state index contributed by atoms with van der Waals surface area (Å²) in [5, 5.41) is 4.08. The van der Waals surface area contributed by atoms with Crippen molar-refractivity contribution in [2.45, 2.75) is 31.7 Å². The van der Waals surface area contributed by atoms with Gasteiger partial charge in [-0.3, -0.25) is 4.79 Å². The van der Waals surface area contributed by atoms with Gasteiger partial charge in [-0.1, -0.05) is 31.0 Å². The summed E-state index contributed by atoms with van der Waals surface area (Å²) in [6.45, 7) is 0.513. The van der Waals surface area contributed by atoms with Gasteiger partial charge in [0, 0.05) is 29.7 Å². The molecule has 3 rings (SSSR count). The quantitative estimate of drug-likeness (QED) is 0.799. The first-order chi connectivity index (χ1) is 9.79. The molecule has 0 bridgehead atoms. The first-order valence-corrected chi connectivity index (χ1v) is 7.36. The molecule has 0 aliphatic heterocycles. The van der Waals surface area contributed by atoms with Gasteiger partial charge in [0.1, 0.15) is 0 Å². The third-order valence-electron chi connectivity index (χ3n) is 4.37. The van der Waals surface area contributed by atoms with Crippen molar-refractivity contribution in [2.24, 2.45) is 11.7 Å². The van der Waals surface area contributed by atoms with Crippen molar-refractivity contribution in [3.8, 4) is 0 Å². The molecule has 1 aliphatic carbocycles. The summed E-state index contributed by atoms with van der Waals surface area (Å²) in [5.74, 6) is 0.513. The molecule has 1 amide bonds. The summed E-state index contributed by atoms with van der Waals surface area (Å²) >= 11 is 0. The Hall–Kier alpha value is -1.81. The van der Waals surface area contributed by atoms with Gasteiger partial charge in [0.15, 0.2) is 0 Å². The van der Waals surface area contributed by atoms with Crippen LogP contribution in [0, 0.1) is 5.92 Å². The minimum atomic E-state index is -0.0233. The van der Waals surface area contributed by atoms with E-state index in [4.69, 9.17) is 5.73 Å². The fourth-order valence-electron chi connectivity index (χ4n) is 3.23. The van der Waals surface area contributed by atoms with Gasteiger partial charge in [-0.25, -0.2) is 0 Å². The maximum atomic E-state index is 12.5. The molecule has 1 heterocycles. The van der Waals surface area contributed by atoms with Gasteiger partial charge in [0.05, 0.1) is 5.56 Å². The predicted octanol–water partition coefficient (Wildman–Crippen LogP) is 2.42. The fourth-order valence-corrected chi connectivity index (χ4v) is 3.23. The average Bonchev–Trinajstić information content (AvgIpc) is 3.13. The number of hydrogen-bond acceptors (Lipinski definition) is 2. The van der Waals surface area contributed by atoms with Crippen LogP contribution < -0.4 is 11.1 Å². The lowest BCUT2D eigenvalue weighted by atomic mass is 9.98. The normalized spacial score (nSPS) is 17.4. The Morgan fingerprint density at radius 3 is 2.85 bits per heavy atom. The number of rotatable bonds is 4. The molecule has 1 fully saturated rings. The van der Waals surface area contributed by atoms with E-state index in [1.807, 2.05) is 24.3 Å². The molecule has 2 aromatic rings. The molecule has 4 heteroatoms. The molecule has 20 heavy (non-hydrogen) atoms. The molecule has 1 aromatic carbocycles. The molecule has 1 aromatic heterocycles. The number of aromatic nitrogens is 1. The van der Waals surface area contributed by atoms with Crippen molar-refractivity contribution in [3.05, 3.63) is 36.0 Å². The number of H-pyrrole nitrogens is 1. The second-order valence-electron chi connectivity index (χ2n) is 5.61. The highest BCUT2D eigenvalue weighted by molar-refractivity contribution is 6.06. The number of amides is 1. The van der Waals surface area contributed by atoms with E-state index in [-0.39, 0.29) is 11.9 Å². The third-order valence-corrected chi connectivity index (χ3v) is 4.37. The fraction of sp³-hybridized carbons (Fsp3) is 0.438. The molecular formula is C16H21N3O. The monoisotopic (exact) mass is 271 g/mol. The molecule has 4 N–H and O–H groups in total. The van der Waals surface area contributed by atoms with E-state index in [2.05, 4.69) is 10.3 Å². The maximum absolute atomic E-state index is 12.5. The maximum Gasteiger partial charge on any atom is 0.253 e. The molecular weight excluding hydrogens is 250 g/mol. The number of carbonyl (C=O) groups excluding carboxylic acids is 1. The van der Waals surface area contributed by atoms with Gasteiger partial charge in [-0.15, -0.1) is 0 Å². The zero-order valence-corrected chi connectivity index (χ0v) is 11.6. The van der Waals surface area contributed by atoms with Gasteiger partial charge in [0.2, 0.25) is 0 Å². The predicted molar refractivity (Wildman–Crippen MR) is 80.6 cm³/mol. The number of para-hydroxylation sites is 1. The van der Waals surface area contributed by atoms with Crippen LogP contribution in [0.4, 0.5) is 0 Å². The second-order valence-corrected chi connectivity index (χ2v) is 5.61. The third kappa shape index (κ3) is 2.43. The van der Waals surface area contributed by atoms with Gasteiger partial charge >= 0.3 is 0 Å². The number of carbonyl (C=O) groups is 1. The number of nitrogens with two attached hydrogens (primary N) is 1. The van der Waals surface area contributed by atoms with E-state index in [0.29, 0.717) is 18.0 Å². The summed E-state index contributed by atoms with van der Waals surface area (Å²) in [7, 11) is 0. The Kier molecular flexibility index (Phi) is 3.74. The molecule has 1 saturated carbocycles. The SMILES string of the molecule is NCC(NC(=O)c1c[nH]c2ccccc12)C1CCCC1. The molecule has 4 nitrogen and oxygen atoms in total. The number of fused-ring (bicyclic) bond motifs is 1. The highest BCUT2D eigenvalue weighted by atomic mass is 16.1. The Balaban J connectivity index is 1.78. The molecule has 1 atom stereocenters. The van der Waals surface area contributed by atoms with Crippen LogP contribution in [-0.2, 0) is 0 Å². The van der Waals surface area contributed by atoms with Gasteiger partial charge in [0.25, 0.3) is 5.91 Å². The van der Waals surface area contributed by atoms with E-state index < -0.39 is 0 Å². The van der Waals surface area contributed by atoms with E-state index in [1.54, 1.807) is 6.20 Å². The summed E-state index contributed by atoms with van der Waals surface area (Å²) < 4.78 is 0. The van der Waals surface area contributed by atoms with E-state index >= 15 is 0 Å². The van der Waals surface area contributed by atoms with Crippen LogP contribution >= 0.6 is 0 Å². The lowest BCUT2D eigenvalue weighted by molar-refractivity contribution is 0.0926. The van der Waals surface area contributed by atoms with E-state index in [0.717, 1.165) is 10.9 Å². The Morgan fingerprint density at radius 1 is 1.35 bits per heavy atom. The van der Waals surface area contributed by atoms with Crippen LogP contribution in [0.25, 0.3) is 10.9 Å². The van der Waals surface area contributed by atoms with Crippen LogP contribution in [0.15, 0.2) is 30.5 Å². The summed E-state index contributed by atoms with van der Waals surface area (Å²) in [4.78, 5) is 15.6. The first kappa shape index (κ1) is 13.2. The molecule has 0 spiro atoms. The Bertz CT molecular complexity index is 599. The van der Waals surface area contributed by atoms with Crippen LogP contribution in [0.1, 0.15) is 36.0 Å². The van der Waals surface area contributed by atoms with Crippen molar-refractivity contribution < 1.29 is 4.79 Å². The first-order valence-electron chi connectivity index (χ1n) is 7.36. The molecule has 106 valence electrons. The second kappa shape index (κ2) is 5.67. The standard InChI is InChI=1S/C16H21N3O/c17-9-15(11-5-1-2-6-11)19-16(20)13-10-18-14-8-4-3-7-12(13)14/h3-4,7-8,10-11,15,18H,1-2,5-6,9,17H2,(H,19,20). The van der Waals surface area contributed by atoms with Crippen LogP contribution in [-0.4, -0.2) is 23.5 Å². The topological polar surface area (TPSA) is 70.9 Å². The zero-order chi connectivity index (χ0) is 13.9. The number of hydrogen-bond donors (Lipinski definition) is 3. The summed E-state index contributed by atoms with van der Waals surface area (Å²) in [6.07, 6.45) is 6.64. The molecule has 0 saturated heterocycles. The van der Waals surface area contributed by atoms with Crippen molar-refractivity contribution in [2.75, 3.05) is 6.54 Å². The van der Waals surface area contributed by atoms with Crippen LogP contribution in [0.2, 0.25) is 0 Å². The van der Waals surface area contributed by atoms with Crippen molar-refractivity contribution in [1.82, 2.24) is 10.3 Å². The van der Waals surface area contributed by atoms with Gasteiger partial charge in [-0.05, 0) is 24.8 Å². The Morgan fingerprint density at radius 2 is 2.10 bits per heavy atom. The molecule has 1 aliphatic rings. The number of aromatic amines is 1.